The molecule has 3 aromatic heterocycles. The molecule has 6 aromatic rings. The van der Waals surface area contributed by atoms with Gasteiger partial charge in [0, 0.05) is 88.4 Å². The summed E-state index contributed by atoms with van der Waals surface area (Å²) < 4.78 is 17.3. The van der Waals surface area contributed by atoms with Crippen molar-refractivity contribution in [3.8, 4) is 11.1 Å². The van der Waals surface area contributed by atoms with Gasteiger partial charge in [-0.05, 0) is 79.1 Å². The Labute approximate surface area is 456 Å². The highest BCUT2D eigenvalue weighted by atomic mass is 35.5. The van der Waals surface area contributed by atoms with Crippen molar-refractivity contribution in [2.75, 3.05) is 109 Å². The summed E-state index contributed by atoms with van der Waals surface area (Å²) in [6.45, 7) is 12.6. The van der Waals surface area contributed by atoms with E-state index in [-0.39, 0.29) is 49.9 Å². The lowest BCUT2D eigenvalue weighted by Crippen LogP contribution is -2.61. The predicted molar refractivity (Wildman–Crippen MR) is 300 cm³/mol. The normalized spacial score (nSPS) is 16.7. The Morgan fingerprint density at radius 3 is 2.38 bits per heavy atom. The number of aromatic nitrogens is 4. The molecule has 0 radical (unpaired) electrons. The fourth-order valence-electron chi connectivity index (χ4n) is 10.3. The van der Waals surface area contributed by atoms with E-state index in [0.717, 1.165) is 59.6 Å². The summed E-state index contributed by atoms with van der Waals surface area (Å²) in [5.41, 5.74) is 13.7. The second-order valence-electron chi connectivity index (χ2n) is 20.6. The number of piperidine rings is 1. The monoisotopic (exact) mass is 1070 g/mol. The second-order valence-corrected chi connectivity index (χ2v) is 21.0. The van der Waals surface area contributed by atoms with E-state index in [0.29, 0.717) is 101 Å². The number of hydrogen-bond donors (Lipinski definition) is 6. The first-order valence-electron chi connectivity index (χ1n) is 27.0. The number of halogens is 1. The highest BCUT2D eigenvalue weighted by Gasteiger charge is 2.41. The van der Waals surface area contributed by atoms with Crippen LogP contribution >= 0.6 is 11.6 Å². The van der Waals surface area contributed by atoms with E-state index in [1.54, 1.807) is 12.5 Å². The number of aryl methyl sites for hydroxylation is 2. The summed E-state index contributed by atoms with van der Waals surface area (Å²) in [4.78, 5) is 63.9. The van der Waals surface area contributed by atoms with E-state index in [2.05, 4.69) is 102 Å². The number of carbonyl (C=O) groups is 3. The van der Waals surface area contributed by atoms with E-state index in [1.165, 1.54) is 16.7 Å². The van der Waals surface area contributed by atoms with Crippen molar-refractivity contribution in [1.82, 2.24) is 45.7 Å². The Bertz CT molecular complexity index is 2920. The summed E-state index contributed by atoms with van der Waals surface area (Å²) in [7, 11) is 0. The van der Waals surface area contributed by atoms with Crippen molar-refractivity contribution in [2.24, 2.45) is 5.73 Å². The van der Waals surface area contributed by atoms with Gasteiger partial charge in [0.2, 0.25) is 11.8 Å². The fraction of sp³-hybridized carbons (Fsp3) is 0.448. The maximum atomic E-state index is 14.0. The van der Waals surface area contributed by atoms with Gasteiger partial charge in [0.15, 0.2) is 5.69 Å². The summed E-state index contributed by atoms with van der Waals surface area (Å²) in [5.74, 6) is 0.420. The lowest BCUT2D eigenvalue weighted by molar-refractivity contribution is -0.134. The number of benzene rings is 3. The number of amides is 3. The third kappa shape index (κ3) is 14.6. The standard InChI is InChI=1S/C58H73ClN12O6/c1-3-42-7-5-9-45(33-42)46-34-50(68-57(38-77-39-57)37-61-35-43-8-4-6-41(2)32-43)52(64-36-46)55(73)63-20-29-76-31-30-75-28-16-51(72)70-26-24-69(25-27-70)21-15-49(44-10-12-47(59)13-11-44)67-56(74)58(60)17-22-71(23-18-58)54-48-14-19-62-53(48)65-40-66-54/h4-14,19,32-34,36,40,49,61,68H,3,15-18,20-31,35,37-39,60H2,1-2H3,(H,63,73)(H,67,74)(H,62,65,66)/t49-/m0/s1. The predicted octanol–water partition coefficient (Wildman–Crippen LogP) is 6.06. The maximum Gasteiger partial charge on any atom is 0.272 e. The van der Waals surface area contributed by atoms with Crippen molar-refractivity contribution < 1.29 is 28.6 Å². The van der Waals surface area contributed by atoms with E-state index in [4.69, 9.17) is 36.5 Å². The van der Waals surface area contributed by atoms with Gasteiger partial charge in [-0.1, -0.05) is 84.8 Å². The topological polar surface area (TPSA) is 217 Å². The molecule has 3 fully saturated rings. The average Bonchev–Trinajstić information content (AvgIpc) is 3.93. The van der Waals surface area contributed by atoms with Gasteiger partial charge in [-0.3, -0.25) is 19.3 Å². The lowest BCUT2D eigenvalue weighted by atomic mass is 9.87. The fourth-order valence-corrected chi connectivity index (χ4v) is 10.4. The SMILES string of the molecule is CCc1cccc(-c2cnc(C(=O)NCCOCCOCCC(=O)N3CCN(CC[C@H](NC(=O)C4(N)CCN(c5ncnc6[nH]ccc56)CC4)c4ccc(Cl)cc4)CC3)c(NC3(CNCc4cccc(C)c4)COC3)c2)c1. The molecule has 3 amide bonds. The number of nitrogens with two attached hydrogens (primary N) is 1. The van der Waals surface area contributed by atoms with Gasteiger partial charge in [-0.25, -0.2) is 15.0 Å². The zero-order valence-corrected chi connectivity index (χ0v) is 45.1. The molecule has 3 aromatic carbocycles. The number of nitrogens with zero attached hydrogens (tertiary/aromatic N) is 6. The number of nitrogens with one attached hydrogen (secondary N) is 5. The van der Waals surface area contributed by atoms with Crippen molar-refractivity contribution in [3.63, 3.8) is 0 Å². The molecule has 0 saturated carbocycles. The second kappa shape index (κ2) is 26.2. The van der Waals surface area contributed by atoms with Crippen LogP contribution in [0, 0.1) is 6.92 Å². The number of carbonyl (C=O) groups excluding carboxylic acids is 3. The number of H-pyrrole nitrogens is 1. The van der Waals surface area contributed by atoms with Crippen LogP contribution in [-0.4, -0.2) is 157 Å². The minimum absolute atomic E-state index is 0.0513. The van der Waals surface area contributed by atoms with E-state index >= 15 is 0 Å². The molecule has 1 atom stereocenters. The zero-order chi connectivity index (χ0) is 53.6. The van der Waals surface area contributed by atoms with Gasteiger partial charge in [0.1, 0.15) is 17.8 Å². The Hall–Kier alpha value is -6.51. The summed E-state index contributed by atoms with van der Waals surface area (Å²) in [5, 5.41) is 15.1. The van der Waals surface area contributed by atoms with E-state index < -0.39 is 11.1 Å². The first-order chi connectivity index (χ1) is 37.5. The van der Waals surface area contributed by atoms with Gasteiger partial charge in [0.05, 0.1) is 74.3 Å². The maximum absolute atomic E-state index is 14.0. The first kappa shape index (κ1) is 55.3. The molecule has 0 aliphatic carbocycles. The van der Waals surface area contributed by atoms with Gasteiger partial charge in [-0.15, -0.1) is 0 Å². The van der Waals surface area contributed by atoms with Crippen LogP contribution in [0.5, 0.6) is 0 Å². The van der Waals surface area contributed by atoms with Crippen LogP contribution in [0.1, 0.15) is 71.4 Å². The van der Waals surface area contributed by atoms with Crippen LogP contribution in [0.25, 0.3) is 22.2 Å². The van der Waals surface area contributed by atoms with Crippen molar-refractivity contribution in [3.05, 3.63) is 137 Å². The third-order valence-corrected chi connectivity index (χ3v) is 15.2. The molecule has 19 heteroatoms. The molecule has 6 heterocycles. The Morgan fingerprint density at radius 1 is 0.857 bits per heavy atom. The van der Waals surface area contributed by atoms with Crippen LogP contribution in [0.15, 0.2) is 104 Å². The number of pyridine rings is 1. The molecule has 3 aliphatic rings. The number of rotatable bonds is 25. The van der Waals surface area contributed by atoms with Crippen LogP contribution < -0.4 is 31.9 Å². The molecule has 0 unspecified atom stereocenters. The lowest BCUT2D eigenvalue weighted by Gasteiger charge is -2.43. The first-order valence-corrected chi connectivity index (χ1v) is 27.4. The Morgan fingerprint density at radius 2 is 1.62 bits per heavy atom. The summed E-state index contributed by atoms with van der Waals surface area (Å²) >= 11 is 6.26. The Kier molecular flexibility index (Phi) is 18.8. The van der Waals surface area contributed by atoms with Crippen LogP contribution in [0.4, 0.5) is 11.5 Å². The quantitative estimate of drug-likeness (QED) is 0.0360. The minimum atomic E-state index is -1.02. The molecule has 3 aliphatic heterocycles. The van der Waals surface area contributed by atoms with Crippen LogP contribution in [0.3, 0.4) is 0 Å². The molecule has 9 rings (SSSR count). The molecule has 77 heavy (non-hydrogen) atoms. The summed E-state index contributed by atoms with van der Waals surface area (Å²) in [6.07, 6.45) is 7.98. The van der Waals surface area contributed by atoms with E-state index in [1.807, 2.05) is 53.6 Å². The highest BCUT2D eigenvalue weighted by Crippen LogP contribution is 2.32. The van der Waals surface area contributed by atoms with E-state index in [9.17, 15) is 14.4 Å². The van der Waals surface area contributed by atoms with Crippen LogP contribution in [0.2, 0.25) is 5.02 Å². The minimum Gasteiger partial charge on any atom is -0.379 e. The van der Waals surface area contributed by atoms with Gasteiger partial charge < -0.3 is 56.0 Å². The smallest absolute Gasteiger partial charge is 0.272 e. The Balaban J connectivity index is 0.675. The number of aromatic amines is 1. The van der Waals surface area contributed by atoms with Crippen LogP contribution in [-0.2, 0) is 36.8 Å². The molecule has 408 valence electrons. The summed E-state index contributed by atoms with van der Waals surface area (Å²) in [6, 6.07) is 28.1. The number of hydrogen-bond acceptors (Lipinski definition) is 14. The van der Waals surface area contributed by atoms with Gasteiger partial charge in [-0.2, -0.15) is 0 Å². The van der Waals surface area contributed by atoms with Crippen molar-refractivity contribution in [2.45, 2.75) is 69.6 Å². The number of ether oxygens (including phenoxy) is 3. The number of anilines is 2. The molecule has 0 bridgehead atoms. The average molecular weight is 1070 g/mol. The molecule has 0 spiro atoms. The molecule has 7 N–H and O–H groups in total. The highest BCUT2D eigenvalue weighted by molar-refractivity contribution is 6.30. The molecule has 18 nitrogen and oxygen atoms in total. The largest absolute Gasteiger partial charge is 0.379 e. The van der Waals surface area contributed by atoms with Crippen molar-refractivity contribution in [1.29, 1.82) is 0 Å². The molecular weight excluding hydrogens is 996 g/mol. The third-order valence-electron chi connectivity index (χ3n) is 14.9. The number of fused-ring (bicyclic) bond motifs is 1. The van der Waals surface area contributed by atoms with Crippen molar-refractivity contribution >= 4 is 51.9 Å². The van der Waals surface area contributed by atoms with Gasteiger partial charge in [0.25, 0.3) is 5.91 Å². The zero-order valence-electron chi connectivity index (χ0n) is 44.3. The van der Waals surface area contributed by atoms with Gasteiger partial charge >= 0.3 is 0 Å². The number of piperazine rings is 1. The molecule has 3 saturated heterocycles. The molecular formula is C58H73ClN12O6.